The van der Waals surface area contributed by atoms with Crippen molar-refractivity contribution in [3.8, 4) is 22.6 Å². The van der Waals surface area contributed by atoms with Gasteiger partial charge in [0.25, 0.3) is 0 Å². The Hall–Kier alpha value is -1.96. The highest BCUT2D eigenvalue weighted by Crippen LogP contribution is 2.30. The minimum Gasteiger partial charge on any atom is -0.508 e. The molecule has 0 unspecified atom stereocenters. The summed E-state index contributed by atoms with van der Waals surface area (Å²) >= 11 is 0. The lowest BCUT2D eigenvalue weighted by Crippen LogP contribution is -1.98. The third-order valence-electron chi connectivity index (χ3n) is 3.07. The van der Waals surface area contributed by atoms with E-state index in [-0.39, 0.29) is 5.75 Å². The number of rotatable bonds is 6. The quantitative estimate of drug-likeness (QED) is 0.764. The van der Waals surface area contributed by atoms with Crippen molar-refractivity contribution >= 4 is 0 Å². The first-order valence-electron chi connectivity index (χ1n) is 6.82. The van der Waals surface area contributed by atoms with Gasteiger partial charge < -0.3 is 9.84 Å². The summed E-state index contributed by atoms with van der Waals surface area (Å²) in [6.45, 7) is 2.94. The van der Waals surface area contributed by atoms with E-state index in [1.54, 1.807) is 12.1 Å². The molecule has 2 rings (SSSR count). The zero-order valence-electron chi connectivity index (χ0n) is 11.3. The number of hydrogen-bond acceptors (Lipinski definition) is 2. The van der Waals surface area contributed by atoms with Crippen LogP contribution in [0, 0.1) is 0 Å². The fourth-order valence-corrected chi connectivity index (χ4v) is 2.01. The van der Waals surface area contributed by atoms with Gasteiger partial charge in [0.15, 0.2) is 0 Å². The van der Waals surface area contributed by atoms with Gasteiger partial charge in [-0.15, -0.1) is 0 Å². The van der Waals surface area contributed by atoms with Gasteiger partial charge in [-0.25, -0.2) is 0 Å². The molecule has 2 aromatic rings. The summed E-state index contributed by atoms with van der Waals surface area (Å²) < 4.78 is 5.86. The second kappa shape index (κ2) is 6.83. The maximum Gasteiger partial charge on any atom is 0.127 e. The van der Waals surface area contributed by atoms with E-state index in [2.05, 4.69) is 6.92 Å². The van der Waals surface area contributed by atoms with E-state index < -0.39 is 0 Å². The summed E-state index contributed by atoms with van der Waals surface area (Å²) in [5.74, 6) is 1.19. The second-order valence-corrected chi connectivity index (χ2v) is 4.60. The number of aromatic hydroxyl groups is 1. The molecule has 0 heterocycles. The molecular weight excluding hydrogens is 236 g/mol. The summed E-state index contributed by atoms with van der Waals surface area (Å²) in [4.78, 5) is 0. The molecule has 0 aliphatic carbocycles. The fourth-order valence-electron chi connectivity index (χ4n) is 2.01. The Kier molecular flexibility index (Phi) is 4.85. The number of ether oxygens (including phenoxy) is 1. The van der Waals surface area contributed by atoms with Crippen LogP contribution in [0.5, 0.6) is 11.5 Å². The molecule has 2 heteroatoms. The van der Waals surface area contributed by atoms with Gasteiger partial charge in [-0.2, -0.15) is 0 Å². The van der Waals surface area contributed by atoms with Crippen LogP contribution in [-0.2, 0) is 0 Å². The van der Waals surface area contributed by atoms with E-state index in [0.717, 1.165) is 29.9 Å². The topological polar surface area (TPSA) is 29.5 Å². The smallest absolute Gasteiger partial charge is 0.127 e. The highest BCUT2D eigenvalue weighted by molar-refractivity contribution is 5.70. The van der Waals surface area contributed by atoms with Crippen LogP contribution in [0.15, 0.2) is 48.5 Å². The molecule has 19 heavy (non-hydrogen) atoms. The molecule has 0 aliphatic rings. The van der Waals surface area contributed by atoms with Crippen LogP contribution in [0.3, 0.4) is 0 Å². The maximum absolute atomic E-state index is 9.34. The van der Waals surface area contributed by atoms with Crippen molar-refractivity contribution in [3.05, 3.63) is 48.5 Å². The molecule has 0 atom stereocenters. The summed E-state index contributed by atoms with van der Waals surface area (Å²) in [6, 6.07) is 15.2. The van der Waals surface area contributed by atoms with Gasteiger partial charge in [0, 0.05) is 5.56 Å². The van der Waals surface area contributed by atoms with Crippen LogP contribution in [0.2, 0.25) is 0 Å². The van der Waals surface area contributed by atoms with Crippen LogP contribution in [-0.4, -0.2) is 11.7 Å². The fraction of sp³-hybridized carbons (Fsp3) is 0.294. The van der Waals surface area contributed by atoms with Gasteiger partial charge in [0.05, 0.1) is 6.61 Å². The zero-order valence-corrected chi connectivity index (χ0v) is 11.3. The molecule has 0 saturated heterocycles. The van der Waals surface area contributed by atoms with Crippen LogP contribution < -0.4 is 4.74 Å². The van der Waals surface area contributed by atoms with Crippen molar-refractivity contribution in [1.29, 1.82) is 0 Å². The molecule has 0 aliphatic heterocycles. The highest BCUT2D eigenvalue weighted by Gasteiger charge is 2.05. The Bertz CT molecular complexity index is 503. The largest absolute Gasteiger partial charge is 0.508 e. The van der Waals surface area contributed by atoms with E-state index in [1.165, 1.54) is 12.8 Å². The summed E-state index contributed by atoms with van der Waals surface area (Å²) in [5.41, 5.74) is 2.13. The minimum absolute atomic E-state index is 0.282. The average molecular weight is 256 g/mol. The monoisotopic (exact) mass is 256 g/mol. The summed E-state index contributed by atoms with van der Waals surface area (Å²) in [7, 11) is 0. The van der Waals surface area contributed by atoms with Crippen molar-refractivity contribution in [2.75, 3.05) is 6.61 Å². The van der Waals surface area contributed by atoms with Crippen LogP contribution in [0.4, 0.5) is 0 Å². The lowest BCUT2D eigenvalue weighted by atomic mass is 10.0. The van der Waals surface area contributed by atoms with Gasteiger partial charge in [-0.05, 0) is 30.2 Å². The molecule has 0 spiro atoms. The van der Waals surface area contributed by atoms with E-state index >= 15 is 0 Å². The van der Waals surface area contributed by atoms with Crippen molar-refractivity contribution in [3.63, 3.8) is 0 Å². The first-order valence-corrected chi connectivity index (χ1v) is 6.82. The normalized spacial score (nSPS) is 10.4. The minimum atomic E-state index is 0.282. The van der Waals surface area contributed by atoms with Gasteiger partial charge in [-0.3, -0.25) is 0 Å². The molecule has 0 saturated carbocycles. The number of phenols is 1. The van der Waals surface area contributed by atoms with Crippen molar-refractivity contribution in [2.45, 2.75) is 26.2 Å². The average Bonchev–Trinajstić information content (AvgIpc) is 2.45. The number of benzene rings is 2. The molecule has 0 aromatic heterocycles. The maximum atomic E-state index is 9.34. The second-order valence-electron chi connectivity index (χ2n) is 4.60. The lowest BCUT2D eigenvalue weighted by Gasteiger charge is -2.11. The van der Waals surface area contributed by atoms with Gasteiger partial charge in [0.1, 0.15) is 11.5 Å². The van der Waals surface area contributed by atoms with E-state index in [9.17, 15) is 5.11 Å². The summed E-state index contributed by atoms with van der Waals surface area (Å²) in [5, 5.41) is 9.34. The van der Waals surface area contributed by atoms with Crippen molar-refractivity contribution in [1.82, 2.24) is 0 Å². The predicted molar refractivity (Wildman–Crippen MR) is 78.6 cm³/mol. The Morgan fingerprint density at radius 2 is 1.68 bits per heavy atom. The zero-order chi connectivity index (χ0) is 13.5. The van der Waals surface area contributed by atoms with Crippen LogP contribution in [0.25, 0.3) is 11.1 Å². The number of phenolic OH excluding ortho intramolecular Hbond substituents is 1. The van der Waals surface area contributed by atoms with Crippen molar-refractivity contribution in [2.24, 2.45) is 0 Å². The first kappa shape index (κ1) is 13.5. The molecule has 0 fully saturated rings. The van der Waals surface area contributed by atoms with E-state index in [4.69, 9.17) is 4.74 Å². The molecule has 0 bridgehead atoms. The van der Waals surface area contributed by atoms with Crippen LogP contribution in [0.1, 0.15) is 26.2 Å². The molecule has 100 valence electrons. The first-order chi connectivity index (χ1) is 9.31. The molecule has 2 aromatic carbocycles. The Morgan fingerprint density at radius 3 is 2.42 bits per heavy atom. The molecule has 0 radical (unpaired) electrons. The van der Waals surface area contributed by atoms with E-state index in [1.807, 2.05) is 36.4 Å². The SMILES string of the molecule is CCCCCOc1ccccc1-c1ccc(O)cc1. The molecule has 2 nitrogen and oxygen atoms in total. The van der Waals surface area contributed by atoms with Crippen LogP contribution >= 0.6 is 0 Å². The highest BCUT2D eigenvalue weighted by atomic mass is 16.5. The third-order valence-corrected chi connectivity index (χ3v) is 3.07. The number of unbranched alkanes of at least 4 members (excludes halogenated alkanes) is 2. The Morgan fingerprint density at radius 1 is 0.947 bits per heavy atom. The predicted octanol–water partition coefficient (Wildman–Crippen LogP) is 4.63. The standard InChI is InChI=1S/C17H20O2/c1-2-3-6-13-19-17-8-5-4-7-16(17)14-9-11-15(18)12-10-14/h4-5,7-12,18H,2-3,6,13H2,1H3. The Balaban J connectivity index is 2.14. The van der Waals surface area contributed by atoms with Gasteiger partial charge in [-0.1, -0.05) is 50.1 Å². The number of para-hydroxylation sites is 1. The van der Waals surface area contributed by atoms with E-state index in [0.29, 0.717) is 0 Å². The van der Waals surface area contributed by atoms with Crippen molar-refractivity contribution < 1.29 is 9.84 Å². The molecule has 0 amide bonds. The molecule has 1 N–H and O–H groups in total. The Labute approximate surface area is 114 Å². The van der Waals surface area contributed by atoms with Gasteiger partial charge in [0.2, 0.25) is 0 Å². The molecular formula is C17H20O2. The number of hydrogen-bond donors (Lipinski definition) is 1. The van der Waals surface area contributed by atoms with Gasteiger partial charge >= 0.3 is 0 Å². The summed E-state index contributed by atoms with van der Waals surface area (Å²) in [6.07, 6.45) is 3.48. The third kappa shape index (κ3) is 3.75. The lowest BCUT2D eigenvalue weighted by molar-refractivity contribution is 0.307.